The molecular formula is C25H25ClN6O3. The number of hydrogen-bond acceptors (Lipinski definition) is 7. The smallest absolute Gasteiger partial charge is 0.255 e. The first-order valence-electron chi connectivity index (χ1n) is 10.9. The summed E-state index contributed by atoms with van der Waals surface area (Å²) in [6.07, 6.45) is 3.43. The van der Waals surface area contributed by atoms with E-state index in [4.69, 9.17) is 21.1 Å². The molecule has 0 radical (unpaired) electrons. The number of halogens is 1. The number of rotatable bonds is 10. The van der Waals surface area contributed by atoms with Gasteiger partial charge in [-0.3, -0.25) is 4.79 Å². The number of ether oxygens (including phenoxy) is 2. The number of amides is 1. The Bertz CT molecular complexity index is 1270. The molecular weight excluding hydrogens is 468 g/mol. The summed E-state index contributed by atoms with van der Waals surface area (Å²) >= 11 is 5.94. The molecule has 0 atom stereocenters. The second kappa shape index (κ2) is 11.3. The standard InChI is InChI=1S/C25H25ClN6O3/c1-34-21-10-18(11-22(12-21)35-2)15-32-16-20(30-31-32)14-29-25(33)23-4-3-9-27-24(23)28-13-17-5-7-19(26)8-6-17/h3-12,16H,13-15H2,1-2H3,(H,27,28)(H,29,33). The van der Waals surface area contributed by atoms with E-state index in [2.05, 4.69) is 25.9 Å². The maximum atomic E-state index is 12.8. The average molecular weight is 493 g/mol. The highest BCUT2D eigenvalue weighted by Crippen LogP contribution is 2.23. The van der Waals surface area contributed by atoms with Crippen LogP contribution >= 0.6 is 11.6 Å². The number of nitrogens with zero attached hydrogens (tertiary/aromatic N) is 4. The van der Waals surface area contributed by atoms with E-state index in [0.717, 1.165) is 11.1 Å². The molecule has 2 N–H and O–H groups in total. The zero-order valence-corrected chi connectivity index (χ0v) is 20.1. The van der Waals surface area contributed by atoms with Crippen LogP contribution in [0.2, 0.25) is 5.02 Å². The SMILES string of the molecule is COc1cc(Cn2cc(CNC(=O)c3cccnc3NCc3ccc(Cl)cc3)nn2)cc(OC)c1. The maximum Gasteiger partial charge on any atom is 0.255 e. The van der Waals surface area contributed by atoms with Crippen LogP contribution in [0.25, 0.3) is 0 Å². The number of carbonyl (C=O) groups is 1. The van der Waals surface area contributed by atoms with Gasteiger partial charge in [-0.25, -0.2) is 9.67 Å². The highest BCUT2D eigenvalue weighted by molar-refractivity contribution is 6.30. The second-order valence-corrected chi connectivity index (χ2v) is 8.13. The predicted octanol–water partition coefficient (Wildman–Crippen LogP) is 3.93. The minimum Gasteiger partial charge on any atom is -0.497 e. The minimum absolute atomic E-state index is 0.228. The molecule has 4 rings (SSSR count). The van der Waals surface area contributed by atoms with Crippen molar-refractivity contribution in [1.29, 1.82) is 0 Å². The van der Waals surface area contributed by atoms with Crippen molar-refractivity contribution in [3.63, 3.8) is 0 Å². The number of methoxy groups -OCH3 is 2. The van der Waals surface area contributed by atoms with Gasteiger partial charge < -0.3 is 20.1 Å². The minimum atomic E-state index is -0.260. The number of aromatic nitrogens is 4. The first-order valence-corrected chi connectivity index (χ1v) is 11.2. The summed E-state index contributed by atoms with van der Waals surface area (Å²) in [5.41, 5.74) is 3.05. The molecule has 0 saturated carbocycles. The van der Waals surface area contributed by atoms with Crippen LogP contribution in [0.3, 0.4) is 0 Å². The molecule has 2 heterocycles. The molecule has 0 aliphatic rings. The van der Waals surface area contributed by atoms with Gasteiger partial charge in [-0.05, 0) is 47.5 Å². The number of anilines is 1. The van der Waals surface area contributed by atoms with Crippen LogP contribution < -0.4 is 20.1 Å². The van der Waals surface area contributed by atoms with Gasteiger partial charge >= 0.3 is 0 Å². The second-order valence-electron chi connectivity index (χ2n) is 7.69. The largest absolute Gasteiger partial charge is 0.497 e. The van der Waals surface area contributed by atoms with Crippen molar-refractivity contribution < 1.29 is 14.3 Å². The lowest BCUT2D eigenvalue weighted by atomic mass is 10.2. The molecule has 180 valence electrons. The van der Waals surface area contributed by atoms with E-state index in [1.165, 1.54) is 0 Å². The van der Waals surface area contributed by atoms with Crippen molar-refractivity contribution in [3.8, 4) is 11.5 Å². The molecule has 0 aliphatic heterocycles. The van der Waals surface area contributed by atoms with Crippen LogP contribution in [0.1, 0.15) is 27.2 Å². The van der Waals surface area contributed by atoms with Gasteiger partial charge in [-0.1, -0.05) is 28.9 Å². The highest BCUT2D eigenvalue weighted by Gasteiger charge is 2.13. The van der Waals surface area contributed by atoms with Gasteiger partial charge in [0.25, 0.3) is 5.91 Å². The first kappa shape index (κ1) is 24.0. The molecule has 0 bridgehead atoms. The Morgan fingerprint density at radius 3 is 2.46 bits per heavy atom. The van der Waals surface area contributed by atoms with E-state index in [0.29, 0.717) is 46.7 Å². The highest BCUT2D eigenvalue weighted by atomic mass is 35.5. The summed E-state index contributed by atoms with van der Waals surface area (Å²) in [7, 11) is 3.21. The van der Waals surface area contributed by atoms with E-state index >= 15 is 0 Å². The van der Waals surface area contributed by atoms with Crippen LogP contribution in [0.4, 0.5) is 5.82 Å². The molecule has 0 spiro atoms. The number of nitrogens with one attached hydrogen (secondary N) is 2. The third-order valence-corrected chi connectivity index (χ3v) is 5.45. The van der Waals surface area contributed by atoms with Crippen molar-refractivity contribution in [3.05, 3.63) is 94.4 Å². The predicted molar refractivity (Wildman–Crippen MR) is 133 cm³/mol. The zero-order chi connectivity index (χ0) is 24.6. The van der Waals surface area contributed by atoms with Crippen molar-refractivity contribution in [2.24, 2.45) is 0 Å². The van der Waals surface area contributed by atoms with E-state index in [9.17, 15) is 4.79 Å². The van der Waals surface area contributed by atoms with Crippen molar-refractivity contribution in [2.45, 2.75) is 19.6 Å². The summed E-state index contributed by atoms with van der Waals surface area (Å²) < 4.78 is 12.3. The summed E-state index contributed by atoms with van der Waals surface area (Å²) in [5.74, 6) is 1.63. The monoisotopic (exact) mass is 492 g/mol. The van der Waals surface area contributed by atoms with Gasteiger partial charge in [0.15, 0.2) is 0 Å². The third kappa shape index (κ3) is 6.48. The summed E-state index contributed by atoms with van der Waals surface area (Å²) in [4.78, 5) is 17.2. The van der Waals surface area contributed by atoms with Crippen LogP contribution in [0.15, 0.2) is 67.0 Å². The number of pyridine rings is 1. The van der Waals surface area contributed by atoms with Gasteiger partial charge in [-0.2, -0.15) is 0 Å². The molecule has 10 heteroatoms. The Kier molecular flexibility index (Phi) is 7.79. The fourth-order valence-corrected chi connectivity index (χ4v) is 3.55. The lowest BCUT2D eigenvalue weighted by Crippen LogP contribution is -2.24. The molecule has 9 nitrogen and oxygen atoms in total. The van der Waals surface area contributed by atoms with E-state index in [-0.39, 0.29) is 12.5 Å². The average Bonchev–Trinajstić information content (AvgIpc) is 3.34. The Hall–Kier alpha value is -4.11. The van der Waals surface area contributed by atoms with E-state index in [1.807, 2.05) is 42.5 Å². The number of hydrogen-bond donors (Lipinski definition) is 2. The molecule has 0 saturated heterocycles. The molecule has 35 heavy (non-hydrogen) atoms. The van der Waals surface area contributed by atoms with E-state index < -0.39 is 0 Å². The summed E-state index contributed by atoms with van der Waals surface area (Å²) in [6, 6.07) is 16.6. The summed E-state index contributed by atoms with van der Waals surface area (Å²) in [6.45, 7) is 1.22. The molecule has 0 unspecified atom stereocenters. The Morgan fingerprint density at radius 2 is 1.74 bits per heavy atom. The fourth-order valence-electron chi connectivity index (χ4n) is 3.43. The van der Waals surface area contributed by atoms with Gasteiger partial charge in [0.05, 0.1) is 39.1 Å². The van der Waals surface area contributed by atoms with Crippen LogP contribution in [-0.2, 0) is 19.6 Å². The fraction of sp³-hybridized carbons (Fsp3) is 0.200. The van der Waals surface area contributed by atoms with Crippen LogP contribution in [0.5, 0.6) is 11.5 Å². The van der Waals surface area contributed by atoms with Crippen LogP contribution in [-0.4, -0.2) is 40.1 Å². The first-order chi connectivity index (χ1) is 17.0. The van der Waals surface area contributed by atoms with Crippen molar-refractivity contribution in [1.82, 2.24) is 25.3 Å². The molecule has 4 aromatic rings. The van der Waals surface area contributed by atoms with Gasteiger partial charge in [0.1, 0.15) is 23.0 Å². The number of carbonyl (C=O) groups excluding carboxylic acids is 1. The molecule has 0 fully saturated rings. The lowest BCUT2D eigenvalue weighted by Gasteiger charge is -2.11. The zero-order valence-electron chi connectivity index (χ0n) is 19.4. The lowest BCUT2D eigenvalue weighted by molar-refractivity contribution is 0.0951. The summed E-state index contributed by atoms with van der Waals surface area (Å²) in [5, 5.41) is 15.1. The van der Waals surface area contributed by atoms with Crippen LogP contribution in [0, 0.1) is 0 Å². The van der Waals surface area contributed by atoms with Crippen molar-refractivity contribution in [2.75, 3.05) is 19.5 Å². The Morgan fingerprint density at radius 1 is 1.00 bits per heavy atom. The van der Waals surface area contributed by atoms with Crippen molar-refractivity contribution >= 4 is 23.3 Å². The number of benzene rings is 2. The molecule has 0 aliphatic carbocycles. The van der Waals surface area contributed by atoms with Gasteiger partial charge in [0.2, 0.25) is 0 Å². The third-order valence-electron chi connectivity index (χ3n) is 5.20. The quantitative estimate of drug-likeness (QED) is 0.345. The van der Waals surface area contributed by atoms with Gasteiger partial charge in [-0.15, -0.1) is 5.10 Å². The van der Waals surface area contributed by atoms with E-state index in [1.54, 1.807) is 43.4 Å². The Balaban J connectivity index is 1.36. The topological polar surface area (TPSA) is 103 Å². The Labute approximate surface area is 208 Å². The molecule has 2 aromatic heterocycles. The van der Waals surface area contributed by atoms with Gasteiger partial charge in [0, 0.05) is 23.8 Å². The molecule has 2 aromatic carbocycles. The normalized spacial score (nSPS) is 10.6. The molecule has 1 amide bonds. The maximum absolute atomic E-state index is 12.8.